The molecule has 1 amide bonds. The highest BCUT2D eigenvalue weighted by Gasteiger charge is 2.31. The third-order valence-electron chi connectivity index (χ3n) is 4.59. The van der Waals surface area contributed by atoms with Gasteiger partial charge in [0.2, 0.25) is 0 Å². The first-order valence-electron chi connectivity index (χ1n) is 8.30. The second kappa shape index (κ2) is 6.12. The molecule has 1 N–H and O–H groups in total. The summed E-state index contributed by atoms with van der Waals surface area (Å²) in [5.41, 5.74) is 1.47. The van der Waals surface area contributed by atoms with E-state index in [9.17, 15) is 4.79 Å². The number of carbonyl (C=O) groups is 1. The summed E-state index contributed by atoms with van der Waals surface area (Å²) in [5.74, 6) is 1.81. The second-order valence-corrected chi connectivity index (χ2v) is 6.42. The minimum Gasteiger partial charge on any atom is -0.307 e. The zero-order valence-electron chi connectivity index (χ0n) is 14.1. The fraction of sp³-hybridized carbons (Fsp3) is 0.353. The van der Waals surface area contributed by atoms with E-state index in [-0.39, 0.29) is 11.9 Å². The number of nitrogens with zero attached hydrogens (tertiary/aromatic N) is 6. The van der Waals surface area contributed by atoms with E-state index in [0.29, 0.717) is 17.3 Å². The van der Waals surface area contributed by atoms with Gasteiger partial charge >= 0.3 is 0 Å². The Balaban J connectivity index is 1.59. The molecule has 1 fully saturated rings. The van der Waals surface area contributed by atoms with Gasteiger partial charge in [0.25, 0.3) is 5.91 Å². The van der Waals surface area contributed by atoms with Crippen LogP contribution in [0.5, 0.6) is 0 Å². The SMILES string of the molecule is Cc1cnn([C@@H](C)C2CC2)c1NC(=O)c1ccnc(-n2cnnc2)c1. The topological polar surface area (TPSA) is 90.5 Å². The van der Waals surface area contributed by atoms with Gasteiger partial charge in [-0.15, -0.1) is 10.2 Å². The van der Waals surface area contributed by atoms with E-state index in [1.165, 1.54) is 12.8 Å². The van der Waals surface area contributed by atoms with Gasteiger partial charge in [0, 0.05) is 17.3 Å². The molecule has 25 heavy (non-hydrogen) atoms. The molecule has 3 aromatic heterocycles. The minimum absolute atomic E-state index is 0.190. The van der Waals surface area contributed by atoms with Gasteiger partial charge in [0.1, 0.15) is 24.3 Å². The molecular weight excluding hydrogens is 318 g/mol. The summed E-state index contributed by atoms with van der Waals surface area (Å²) >= 11 is 0. The number of aryl methyl sites for hydroxylation is 1. The monoisotopic (exact) mass is 337 g/mol. The third-order valence-corrected chi connectivity index (χ3v) is 4.59. The fourth-order valence-electron chi connectivity index (χ4n) is 2.89. The molecule has 0 aliphatic heterocycles. The number of aromatic nitrogens is 6. The molecule has 3 aromatic rings. The van der Waals surface area contributed by atoms with Crippen LogP contribution in [0.2, 0.25) is 0 Å². The zero-order valence-corrected chi connectivity index (χ0v) is 14.1. The highest BCUT2D eigenvalue weighted by atomic mass is 16.1. The summed E-state index contributed by atoms with van der Waals surface area (Å²) in [4.78, 5) is 17.0. The number of carbonyl (C=O) groups excluding carboxylic acids is 1. The minimum atomic E-state index is -0.190. The lowest BCUT2D eigenvalue weighted by Crippen LogP contribution is -2.19. The normalized spacial score (nSPS) is 15.1. The Labute approximate surface area is 144 Å². The molecule has 0 spiro atoms. The second-order valence-electron chi connectivity index (χ2n) is 6.42. The molecule has 3 heterocycles. The van der Waals surface area contributed by atoms with E-state index >= 15 is 0 Å². The lowest BCUT2D eigenvalue weighted by atomic mass is 10.2. The van der Waals surface area contributed by atoms with Crippen LogP contribution in [0.15, 0.2) is 37.2 Å². The van der Waals surface area contributed by atoms with Gasteiger partial charge in [0.15, 0.2) is 0 Å². The van der Waals surface area contributed by atoms with Crippen molar-refractivity contribution in [2.24, 2.45) is 5.92 Å². The molecule has 0 aromatic carbocycles. The highest BCUT2D eigenvalue weighted by molar-refractivity contribution is 6.04. The van der Waals surface area contributed by atoms with Crippen LogP contribution < -0.4 is 5.32 Å². The van der Waals surface area contributed by atoms with Crippen molar-refractivity contribution < 1.29 is 4.79 Å². The van der Waals surface area contributed by atoms with Crippen LogP contribution >= 0.6 is 0 Å². The van der Waals surface area contributed by atoms with Crippen molar-refractivity contribution in [3.63, 3.8) is 0 Å². The van der Waals surface area contributed by atoms with Crippen LogP contribution in [0, 0.1) is 12.8 Å². The van der Waals surface area contributed by atoms with Crippen molar-refractivity contribution in [2.45, 2.75) is 32.7 Å². The quantitative estimate of drug-likeness (QED) is 0.772. The maximum Gasteiger partial charge on any atom is 0.257 e. The van der Waals surface area contributed by atoms with Crippen LogP contribution in [0.1, 0.15) is 41.7 Å². The lowest BCUT2D eigenvalue weighted by Gasteiger charge is -2.16. The van der Waals surface area contributed by atoms with Crippen molar-refractivity contribution in [3.8, 4) is 5.82 Å². The van der Waals surface area contributed by atoms with Crippen LogP contribution in [0.25, 0.3) is 5.82 Å². The summed E-state index contributed by atoms with van der Waals surface area (Å²) in [5, 5.41) is 15.0. The first kappa shape index (κ1) is 15.5. The number of hydrogen-bond donors (Lipinski definition) is 1. The molecule has 1 aliphatic rings. The van der Waals surface area contributed by atoms with E-state index in [0.717, 1.165) is 11.4 Å². The number of anilines is 1. The molecule has 0 saturated heterocycles. The number of nitrogens with one attached hydrogen (secondary N) is 1. The number of pyridine rings is 1. The molecule has 0 radical (unpaired) electrons. The van der Waals surface area contributed by atoms with E-state index in [1.807, 2.05) is 11.6 Å². The van der Waals surface area contributed by atoms with Crippen molar-refractivity contribution in [1.29, 1.82) is 0 Å². The standard InChI is InChI=1S/C17H19N7O/c1-11-8-21-24(12(2)13-3-4-13)16(11)22-17(25)14-5-6-18-15(7-14)23-9-19-20-10-23/h5-10,12-13H,3-4H2,1-2H3,(H,22,25)/t12-/m0/s1. The molecule has 1 aliphatic carbocycles. The zero-order chi connectivity index (χ0) is 17.4. The van der Waals surface area contributed by atoms with Gasteiger partial charge in [-0.3, -0.25) is 9.36 Å². The Morgan fingerprint density at radius 3 is 2.80 bits per heavy atom. The summed E-state index contributed by atoms with van der Waals surface area (Å²) in [6, 6.07) is 3.68. The lowest BCUT2D eigenvalue weighted by molar-refractivity contribution is 0.102. The van der Waals surface area contributed by atoms with E-state index in [1.54, 1.807) is 41.7 Å². The summed E-state index contributed by atoms with van der Waals surface area (Å²) in [7, 11) is 0. The Morgan fingerprint density at radius 1 is 1.32 bits per heavy atom. The van der Waals surface area contributed by atoms with Crippen LogP contribution in [-0.2, 0) is 0 Å². The summed E-state index contributed by atoms with van der Waals surface area (Å²) in [6.45, 7) is 4.10. The third kappa shape index (κ3) is 3.02. The Bertz CT molecular complexity index is 896. The number of rotatable bonds is 5. The van der Waals surface area contributed by atoms with Crippen molar-refractivity contribution in [3.05, 3.63) is 48.3 Å². The average Bonchev–Trinajstić information content (AvgIpc) is 3.21. The van der Waals surface area contributed by atoms with Gasteiger partial charge in [-0.05, 0) is 44.7 Å². The largest absolute Gasteiger partial charge is 0.307 e. The molecule has 8 heteroatoms. The average molecular weight is 337 g/mol. The molecule has 4 rings (SSSR count). The molecule has 8 nitrogen and oxygen atoms in total. The van der Waals surface area contributed by atoms with Gasteiger partial charge in [-0.1, -0.05) is 0 Å². The van der Waals surface area contributed by atoms with Crippen LogP contribution in [0.4, 0.5) is 5.82 Å². The smallest absolute Gasteiger partial charge is 0.257 e. The highest BCUT2D eigenvalue weighted by Crippen LogP contribution is 2.40. The maximum absolute atomic E-state index is 12.7. The summed E-state index contributed by atoms with van der Waals surface area (Å²) < 4.78 is 3.58. The maximum atomic E-state index is 12.7. The predicted molar refractivity (Wildman–Crippen MR) is 91.5 cm³/mol. The molecular formula is C17H19N7O. The molecule has 0 unspecified atom stereocenters. The van der Waals surface area contributed by atoms with Crippen LogP contribution in [0.3, 0.4) is 0 Å². The van der Waals surface area contributed by atoms with Crippen molar-refractivity contribution in [1.82, 2.24) is 29.5 Å². The molecule has 128 valence electrons. The Morgan fingerprint density at radius 2 is 2.08 bits per heavy atom. The predicted octanol–water partition coefficient (Wildman–Crippen LogP) is 2.39. The van der Waals surface area contributed by atoms with E-state index in [4.69, 9.17) is 0 Å². The fourth-order valence-corrected chi connectivity index (χ4v) is 2.89. The van der Waals surface area contributed by atoms with Crippen molar-refractivity contribution >= 4 is 11.7 Å². The number of amides is 1. The summed E-state index contributed by atoms with van der Waals surface area (Å²) in [6.07, 6.45) is 8.92. The Kier molecular flexibility index (Phi) is 3.79. The first-order valence-corrected chi connectivity index (χ1v) is 8.30. The van der Waals surface area contributed by atoms with Gasteiger partial charge in [-0.25, -0.2) is 9.67 Å². The molecule has 0 bridgehead atoms. The Hall–Kier alpha value is -3.03. The van der Waals surface area contributed by atoms with Gasteiger partial charge in [-0.2, -0.15) is 5.10 Å². The van der Waals surface area contributed by atoms with E-state index in [2.05, 4.69) is 32.5 Å². The van der Waals surface area contributed by atoms with Gasteiger partial charge in [0.05, 0.1) is 12.2 Å². The van der Waals surface area contributed by atoms with Gasteiger partial charge < -0.3 is 5.32 Å². The molecule has 1 saturated carbocycles. The number of hydrogen-bond acceptors (Lipinski definition) is 5. The molecule has 1 atom stereocenters. The van der Waals surface area contributed by atoms with Crippen molar-refractivity contribution in [2.75, 3.05) is 5.32 Å². The van der Waals surface area contributed by atoms with E-state index < -0.39 is 0 Å². The first-order chi connectivity index (χ1) is 12.1. The van der Waals surface area contributed by atoms with Crippen LogP contribution in [-0.4, -0.2) is 35.4 Å².